The third-order valence-corrected chi connectivity index (χ3v) is 8.32. The predicted octanol–water partition coefficient (Wildman–Crippen LogP) is 8.82. The highest BCUT2D eigenvalue weighted by Crippen LogP contribution is 2.27. The number of carbonyl (C=O) groups excluding carboxylic acids is 2. The number of nitrogens with zero attached hydrogens (tertiary/aromatic N) is 4. The van der Waals surface area contributed by atoms with E-state index in [9.17, 15) is 14.0 Å². The van der Waals surface area contributed by atoms with Crippen LogP contribution in [0.1, 0.15) is 58.0 Å². The number of hydrogen-bond acceptors (Lipinski definition) is 6. The second kappa shape index (κ2) is 15.9. The molecule has 2 atom stereocenters. The van der Waals surface area contributed by atoms with Gasteiger partial charge < -0.3 is 10.6 Å². The van der Waals surface area contributed by atoms with Gasteiger partial charge in [-0.3, -0.25) is 19.6 Å². The van der Waals surface area contributed by atoms with E-state index in [2.05, 4.69) is 62.4 Å². The molecule has 8 nitrogen and oxygen atoms in total. The molecule has 4 aromatic rings. The summed E-state index contributed by atoms with van der Waals surface area (Å²) < 4.78 is 15.6. The van der Waals surface area contributed by atoms with Crippen LogP contribution in [0.25, 0.3) is 0 Å². The highest BCUT2D eigenvalue weighted by atomic mass is 127. The van der Waals surface area contributed by atoms with E-state index in [1.165, 1.54) is 18.5 Å². The number of amides is 2. The molecule has 0 aliphatic heterocycles. The summed E-state index contributed by atoms with van der Waals surface area (Å²) in [5, 5.41) is 6.55. The van der Waals surface area contributed by atoms with E-state index in [1.807, 2.05) is 22.6 Å². The van der Waals surface area contributed by atoms with Gasteiger partial charge in [0.15, 0.2) is 0 Å². The van der Waals surface area contributed by atoms with Gasteiger partial charge in [-0.15, -0.1) is 0 Å². The number of hydrogen-bond donors (Lipinski definition) is 2. The van der Waals surface area contributed by atoms with E-state index in [1.54, 1.807) is 44.4 Å². The number of aromatic nitrogens is 4. The molecule has 2 N–H and O–H groups in total. The fourth-order valence-corrected chi connectivity index (χ4v) is 6.13. The van der Waals surface area contributed by atoms with Crippen molar-refractivity contribution in [2.24, 2.45) is 0 Å². The molecule has 0 aromatic carbocycles. The fourth-order valence-electron chi connectivity index (χ4n) is 3.40. The number of rotatable bonds is 6. The molecule has 0 aliphatic rings. The Morgan fingerprint density at radius 2 is 1.26 bits per heavy atom. The van der Waals surface area contributed by atoms with Gasteiger partial charge in [0.2, 0.25) is 5.95 Å². The molecular formula is C26H18Br2Cl4FIN6O2. The molecule has 2 amide bonds. The van der Waals surface area contributed by atoms with E-state index < -0.39 is 29.8 Å². The molecular weight excluding hydrogens is 876 g/mol. The monoisotopic (exact) mass is 890 g/mol. The molecule has 4 heterocycles. The molecule has 42 heavy (non-hydrogen) atoms. The minimum atomic E-state index is -0.804. The number of halogens is 8. The molecule has 0 aliphatic carbocycles. The fraction of sp³-hybridized carbons (Fsp3) is 0.154. The van der Waals surface area contributed by atoms with E-state index in [-0.39, 0.29) is 21.3 Å². The van der Waals surface area contributed by atoms with Crippen molar-refractivity contribution < 1.29 is 14.0 Å². The maximum absolute atomic E-state index is 13.7. The van der Waals surface area contributed by atoms with Crippen LogP contribution >= 0.6 is 101 Å². The molecule has 0 spiro atoms. The Bertz CT molecular complexity index is 1480. The highest BCUT2D eigenvalue weighted by molar-refractivity contribution is 14.1. The van der Waals surface area contributed by atoms with Crippen molar-refractivity contribution >= 4 is 113 Å². The summed E-state index contributed by atoms with van der Waals surface area (Å²) >= 11 is 32.5. The van der Waals surface area contributed by atoms with E-state index >= 15 is 0 Å². The van der Waals surface area contributed by atoms with Crippen molar-refractivity contribution in [1.29, 1.82) is 0 Å². The maximum atomic E-state index is 13.7. The summed E-state index contributed by atoms with van der Waals surface area (Å²) in [6.45, 7) is 3.49. The van der Waals surface area contributed by atoms with Gasteiger partial charge in [-0.2, -0.15) is 4.39 Å². The van der Waals surface area contributed by atoms with E-state index in [4.69, 9.17) is 46.4 Å². The van der Waals surface area contributed by atoms with Crippen LogP contribution in [-0.4, -0.2) is 31.8 Å². The Hall–Kier alpha value is -1.68. The molecule has 0 fully saturated rings. The van der Waals surface area contributed by atoms with Crippen molar-refractivity contribution in [2.45, 2.75) is 25.9 Å². The lowest BCUT2D eigenvalue weighted by atomic mass is 10.2. The topological polar surface area (TPSA) is 110 Å². The lowest BCUT2D eigenvalue weighted by Gasteiger charge is -2.15. The van der Waals surface area contributed by atoms with E-state index in [0.29, 0.717) is 25.0 Å². The van der Waals surface area contributed by atoms with Crippen LogP contribution in [0.3, 0.4) is 0 Å². The smallest absolute Gasteiger partial charge is 0.257 e. The average Bonchev–Trinajstić information content (AvgIpc) is 2.88. The summed E-state index contributed by atoms with van der Waals surface area (Å²) in [7, 11) is 0. The standard InChI is InChI=1S/C13H9BrCl3N3O.C13H9BrClFIN3O/c1-6(11-9(16)4-7(14)5-19-11)20-13(21)10-8(15)2-3-18-12(10)17;1-6(11-8(15)4-7(14)5-19-11)20-13(21)10-9(17)2-3-18-12(10)16/h2*2-6H,1H3,(H,20,21). The van der Waals surface area contributed by atoms with Crippen molar-refractivity contribution in [3.8, 4) is 0 Å². The van der Waals surface area contributed by atoms with Crippen LogP contribution in [0.5, 0.6) is 0 Å². The first-order valence-corrected chi connectivity index (χ1v) is 15.8. The normalized spacial score (nSPS) is 12.0. The quantitative estimate of drug-likeness (QED) is 0.148. The van der Waals surface area contributed by atoms with Gasteiger partial charge in [0.25, 0.3) is 11.8 Å². The summed E-state index contributed by atoms with van der Waals surface area (Å²) in [4.78, 5) is 40.1. The Morgan fingerprint density at radius 1 is 0.786 bits per heavy atom. The molecule has 2 unspecified atom stereocenters. The molecule has 4 rings (SSSR count). The first kappa shape index (κ1) is 34.8. The first-order valence-electron chi connectivity index (χ1n) is 11.6. The van der Waals surface area contributed by atoms with Crippen molar-refractivity contribution in [3.63, 3.8) is 0 Å². The second-order valence-electron chi connectivity index (χ2n) is 8.35. The van der Waals surface area contributed by atoms with Crippen LogP contribution in [-0.2, 0) is 0 Å². The van der Waals surface area contributed by atoms with Gasteiger partial charge in [0, 0.05) is 37.3 Å². The van der Waals surface area contributed by atoms with Gasteiger partial charge in [0.1, 0.15) is 10.7 Å². The third-order valence-electron chi connectivity index (χ3n) is 5.35. The Kier molecular flexibility index (Phi) is 13.2. The Morgan fingerprint density at radius 3 is 1.71 bits per heavy atom. The maximum Gasteiger partial charge on any atom is 0.257 e. The van der Waals surface area contributed by atoms with Gasteiger partial charge in [0.05, 0.1) is 44.1 Å². The van der Waals surface area contributed by atoms with Crippen LogP contribution < -0.4 is 10.6 Å². The summed E-state index contributed by atoms with van der Waals surface area (Å²) in [5.74, 6) is -1.80. The molecule has 4 aromatic heterocycles. The van der Waals surface area contributed by atoms with Crippen LogP contribution in [0, 0.1) is 9.52 Å². The van der Waals surface area contributed by atoms with Crippen molar-refractivity contribution in [3.05, 3.63) is 110 Å². The second-order valence-corrected chi connectivity index (χ2v) is 12.9. The largest absolute Gasteiger partial charge is 0.344 e. The minimum absolute atomic E-state index is 0.0436. The molecule has 0 saturated heterocycles. The zero-order valence-corrected chi connectivity index (χ0v) is 29.8. The minimum Gasteiger partial charge on any atom is -0.344 e. The summed E-state index contributed by atoms with van der Waals surface area (Å²) in [6.07, 6.45) is 5.93. The zero-order chi connectivity index (χ0) is 31.1. The van der Waals surface area contributed by atoms with E-state index in [0.717, 1.165) is 8.95 Å². The highest BCUT2D eigenvalue weighted by Gasteiger charge is 2.22. The van der Waals surface area contributed by atoms with Crippen molar-refractivity contribution in [2.75, 3.05) is 0 Å². The van der Waals surface area contributed by atoms with Gasteiger partial charge in [-0.25, -0.2) is 9.97 Å². The van der Waals surface area contributed by atoms with Crippen LogP contribution in [0.4, 0.5) is 4.39 Å². The lowest BCUT2D eigenvalue weighted by molar-refractivity contribution is 0.0927. The molecule has 0 radical (unpaired) electrons. The summed E-state index contributed by atoms with van der Waals surface area (Å²) in [6, 6.07) is 5.57. The SMILES string of the molecule is CC(NC(=O)c1c(Cl)ccnc1Cl)c1ncc(Br)cc1Cl.CC(NC(=O)c1c(I)ccnc1F)c1ncc(Br)cc1Cl. The summed E-state index contributed by atoms with van der Waals surface area (Å²) in [5.41, 5.74) is 1.09. The van der Waals surface area contributed by atoms with Crippen molar-refractivity contribution in [1.82, 2.24) is 30.6 Å². The van der Waals surface area contributed by atoms with Gasteiger partial charge >= 0.3 is 0 Å². The van der Waals surface area contributed by atoms with Gasteiger partial charge in [-0.05, 0) is 92.6 Å². The van der Waals surface area contributed by atoms with Gasteiger partial charge in [-0.1, -0.05) is 46.4 Å². The number of nitrogens with one attached hydrogen (secondary N) is 2. The zero-order valence-electron chi connectivity index (χ0n) is 21.4. The Labute approximate surface area is 290 Å². The lowest BCUT2D eigenvalue weighted by Crippen LogP contribution is -2.29. The number of pyridine rings is 4. The molecule has 220 valence electrons. The molecule has 16 heteroatoms. The third kappa shape index (κ3) is 9.16. The van der Waals surface area contributed by atoms with Crippen LogP contribution in [0.2, 0.25) is 20.2 Å². The predicted molar refractivity (Wildman–Crippen MR) is 177 cm³/mol. The number of carbonyl (C=O) groups is 2. The molecule has 0 saturated carbocycles. The molecule has 0 bridgehead atoms. The average molecular weight is 894 g/mol. The first-order chi connectivity index (χ1) is 19.8. The Balaban J connectivity index is 0.000000230. The van der Waals surface area contributed by atoms with Crippen LogP contribution in [0.15, 0.2) is 58.0 Å².